The third kappa shape index (κ3) is 5.72. The van der Waals surface area contributed by atoms with Gasteiger partial charge in [-0.15, -0.1) is 0 Å². The van der Waals surface area contributed by atoms with Gasteiger partial charge in [0.05, 0.1) is 10.7 Å². The van der Waals surface area contributed by atoms with Crippen LogP contribution in [0.4, 0.5) is 0 Å². The highest BCUT2D eigenvalue weighted by molar-refractivity contribution is 7.98. The molecular weight excluding hydrogens is 348 g/mol. The maximum atomic E-state index is 12.0. The Morgan fingerprint density at radius 3 is 2.48 bits per heavy atom. The Bertz CT molecular complexity index is 577. The number of benzene rings is 1. The minimum Gasteiger partial charge on any atom is -0.295 e. The lowest BCUT2D eigenvalue weighted by molar-refractivity contribution is -0.121. The summed E-state index contributed by atoms with van der Waals surface area (Å²) in [6, 6.07) is 9.57. The van der Waals surface area contributed by atoms with Gasteiger partial charge in [-0.3, -0.25) is 20.2 Å². The summed E-state index contributed by atoms with van der Waals surface area (Å²) in [7, 11) is 3.61. The lowest BCUT2D eigenvalue weighted by Crippen LogP contribution is -2.44. The molecule has 1 fully saturated rings. The molecule has 0 aliphatic heterocycles. The monoisotopic (exact) mass is 368 g/mol. The van der Waals surface area contributed by atoms with Crippen LogP contribution in [0, 0.1) is 5.92 Å². The number of hydrogen-bond donors (Lipinski definition) is 2. The van der Waals surface area contributed by atoms with Gasteiger partial charge >= 0.3 is 0 Å². The fourth-order valence-corrected chi connectivity index (χ4v) is 2.96. The topological polar surface area (TPSA) is 47.6 Å². The summed E-state index contributed by atoms with van der Waals surface area (Å²) in [4.78, 5) is 16.5. The molecule has 2 rings (SSSR count). The molecule has 8 heteroatoms. The van der Waals surface area contributed by atoms with Gasteiger partial charge in [0.15, 0.2) is 0 Å². The number of thiocarbonyl (C=S) groups is 2. The maximum absolute atomic E-state index is 12.0. The zero-order valence-electron chi connectivity index (χ0n) is 13.1. The molecule has 0 aromatic heterocycles. The number of carbonyl (C=O) groups is 1. The van der Waals surface area contributed by atoms with E-state index in [1.54, 1.807) is 12.1 Å². The summed E-state index contributed by atoms with van der Waals surface area (Å²) >= 11 is 12.0. The molecule has 1 aliphatic rings. The zero-order valence-corrected chi connectivity index (χ0v) is 15.6. The second-order valence-electron chi connectivity index (χ2n) is 5.32. The van der Waals surface area contributed by atoms with Gasteiger partial charge in [-0.1, -0.05) is 66.7 Å². The van der Waals surface area contributed by atoms with Gasteiger partial charge in [0.1, 0.15) is 4.99 Å². The van der Waals surface area contributed by atoms with Crippen molar-refractivity contribution in [2.24, 2.45) is 5.92 Å². The van der Waals surface area contributed by atoms with Crippen molar-refractivity contribution in [3.63, 3.8) is 0 Å². The normalized spacial score (nSPS) is 13.3. The minimum absolute atomic E-state index is 0.131. The molecule has 23 heavy (non-hydrogen) atoms. The molecule has 0 bridgehead atoms. The molecule has 124 valence electrons. The van der Waals surface area contributed by atoms with Crippen LogP contribution >= 0.6 is 36.4 Å². The predicted molar refractivity (Wildman–Crippen MR) is 103 cm³/mol. The Kier molecular flexibility index (Phi) is 6.76. The summed E-state index contributed by atoms with van der Waals surface area (Å²) in [6.07, 6.45) is 2.33. The first kappa shape index (κ1) is 18.1. The SMILES string of the molecule is CN(NC(=O)CSNN(C)C(=S)C1CC1)C(=S)c1ccccc1. The van der Waals surface area contributed by atoms with Crippen LogP contribution in [0.1, 0.15) is 18.4 Å². The van der Waals surface area contributed by atoms with Crippen molar-refractivity contribution in [2.75, 3.05) is 19.8 Å². The number of hydrazine groups is 2. The summed E-state index contributed by atoms with van der Waals surface area (Å²) in [5.41, 5.74) is 3.65. The van der Waals surface area contributed by atoms with E-state index < -0.39 is 0 Å². The second kappa shape index (κ2) is 8.58. The van der Waals surface area contributed by atoms with E-state index in [-0.39, 0.29) is 11.7 Å². The largest absolute Gasteiger partial charge is 0.295 e. The molecule has 1 aromatic rings. The molecule has 0 atom stereocenters. The molecule has 5 nitrogen and oxygen atoms in total. The van der Waals surface area contributed by atoms with Crippen molar-refractivity contribution < 1.29 is 4.79 Å². The number of nitrogens with one attached hydrogen (secondary N) is 2. The molecule has 1 aromatic carbocycles. The summed E-state index contributed by atoms with van der Waals surface area (Å²) in [5.74, 6) is 0.652. The van der Waals surface area contributed by atoms with Crippen molar-refractivity contribution in [1.82, 2.24) is 20.3 Å². The minimum atomic E-state index is -0.131. The Morgan fingerprint density at radius 1 is 1.22 bits per heavy atom. The molecular formula is C15H20N4OS3. The van der Waals surface area contributed by atoms with Gasteiger partial charge in [0.25, 0.3) is 0 Å². The van der Waals surface area contributed by atoms with Crippen LogP contribution in [0.25, 0.3) is 0 Å². The Morgan fingerprint density at radius 2 is 1.87 bits per heavy atom. The molecule has 0 radical (unpaired) electrons. The molecule has 1 saturated carbocycles. The summed E-state index contributed by atoms with van der Waals surface area (Å²) in [5, 5.41) is 3.37. The van der Waals surface area contributed by atoms with Crippen LogP contribution in [0.2, 0.25) is 0 Å². The summed E-state index contributed by atoms with van der Waals surface area (Å²) in [6.45, 7) is 0. The quantitative estimate of drug-likeness (QED) is 0.453. The lowest BCUT2D eigenvalue weighted by atomic mass is 10.2. The smallest absolute Gasteiger partial charge is 0.249 e. The van der Waals surface area contributed by atoms with E-state index in [0.717, 1.165) is 23.4 Å². The Hall–Kier alpha value is -1.22. The second-order valence-corrected chi connectivity index (χ2v) is 6.88. The Labute approximate surface area is 151 Å². The van der Waals surface area contributed by atoms with E-state index in [9.17, 15) is 4.79 Å². The fourth-order valence-electron chi connectivity index (χ4n) is 1.89. The van der Waals surface area contributed by atoms with Crippen molar-refractivity contribution in [3.05, 3.63) is 35.9 Å². The van der Waals surface area contributed by atoms with E-state index in [1.807, 2.05) is 42.4 Å². The van der Waals surface area contributed by atoms with Crippen molar-refractivity contribution in [3.8, 4) is 0 Å². The van der Waals surface area contributed by atoms with E-state index in [2.05, 4.69) is 10.3 Å². The van der Waals surface area contributed by atoms with E-state index in [1.165, 1.54) is 11.9 Å². The average Bonchev–Trinajstić information content (AvgIpc) is 3.38. The zero-order chi connectivity index (χ0) is 16.8. The summed E-state index contributed by atoms with van der Waals surface area (Å²) < 4.78 is 0. The molecule has 1 amide bonds. The molecule has 0 spiro atoms. The van der Waals surface area contributed by atoms with Crippen LogP contribution in [-0.4, -0.2) is 45.8 Å². The molecule has 2 N–H and O–H groups in total. The first-order valence-corrected chi connectivity index (χ1v) is 9.07. The Balaban J connectivity index is 1.69. The number of rotatable bonds is 6. The lowest BCUT2D eigenvalue weighted by Gasteiger charge is -2.22. The highest BCUT2D eigenvalue weighted by Crippen LogP contribution is 2.31. The van der Waals surface area contributed by atoms with Gasteiger partial charge in [0, 0.05) is 25.6 Å². The van der Waals surface area contributed by atoms with Gasteiger partial charge < -0.3 is 0 Å². The third-order valence-electron chi connectivity index (χ3n) is 3.28. The van der Waals surface area contributed by atoms with Gasteiger partial charge in [-0.2, -0.15) is 4.83 Å². The fraction of sp³-hybridized carbons (Fsp3) is 0.400. The van der Waals surface area contributed by atoms with Crippen molar-refractivity contribution in [2.45, 2.75) is 12.8 Å². The number of hydrogen-bond acceptors (Lipinski definition) is 5. The third-order valence-corrected chi connectivity index (χ3v) is 5.21. The van der Waals surface area contributed by atoms with Crippen LogP contribution in [-0.2, 0) is 4.79 Å². The van der Waals surface area contributed by atoms with Gasteiger partial charge in [0.2, 0.25) is 5.91 Å². The molecule has 0 saturated heterocycles. The number of nitrogens with zero attached hydrogens (tertiary/aromatic N) is 2. The average molecular weight is 369 g/mol. The standard InChI is InChI=1S/C15H20N4OS3/c1-18(14(21)11-6-4-3-5-7-11)16-13(20)10-23-17-19(2)15(22)12-8-9-12/h3-7,12,17H,8-10H2,1-2H3,(H,16,20). The maximum Gasteiger partial charge on any atom is 0.249 e. The van der Waals surface area contributed by atoms with Gasteiger partial charge in [-0.05, 0) is 12.8 Å². The predicted octanol–water partition coefficient (Wildman–Crippen LogP) is 2.15. The molecule has 0 heterocycles. The van der Waals surface area contributed by atoms with Crippen LogP contribution in [0.3, 0.4) is 0 Å². The number of amides is 1. The van der Waals surface area contributed by atoms with Gasteiger partial charge in [-0.25, -0.2) is 0 Å². The van der Waals surface area contributed by atoms with Crippen LogP contribution in [0.15, 0.2) is 30.3 Å². The first-order valence-electron chi connectivity index (χ1n) is 7.26. The van der Waals surface area contributed by atoms with Crippen LogP contribution in [0.5, 0.6) is 0 Å². The van der Waals surface area contributed by atoms with Crippen molar-refractivity contribution in [1.29, 1.82) is 0 Å². The van der Waals surface area contributed by atoms with Crippen LogP contribution < -0.4 is 10.3 Å². The van der Waals surface area contributed by atoms with E-state index in [4.69, 9.17) is 24.4 Å². The van der Waals surface area contributed by atoms with E-state index >= 15 is 0 Å². The highest BCUT2D eigenvalue weighted by Gasteiger charge is 2.28. The van der Waals surface area contributed by atoms with Crippen molar-refractivity contribution >= 4 is 52.3 Å². The molecule has 0 unspecified atom stereocenters. The number of carbonyl (C=O) groups excluding carboxylic acids is 1. The highest BCUT2D eigenvalue weighted by atomic mass is 32.2. The van der Waals surface area contributed by atoms with E-state index in [0.29, 0.717) is 10.9 Å². The molecule has 1 aliphatic carbocycles. The first-order chi connectivity index (χ1) is 11.0.